The van der Waals surface area contributed by atoms with Gasteiger partial charge in [0.05, 0.1) is 12.6 Å². The zero-order valence-corrected chi connectivity index (χ0v) is 15.1. The number of aromatic carboxylic acids is 1. The summed E-state index contributed by atoms with van der Waals surface area (Å²) in [4.78, 5) is 11.0. The lowest BCUT2D eigenvalue weighted by atomic mass is 10.1. The van der Waals surface area contributed by atoms with Gasteiger partial charge < -0.3 is 19.4 Å². The highest BCUT2D eigenvalue weighted by atomic mass is 19.4. The Morgan fingerprint density at radius 1 is 1.00 bits per heavy atom. The summed E-state index contributed by atoms with van der Waals surface area (Å²) in [5, 5.41) is 11.0. The van der Waals surface area contributed by atoms with Crippen molar-refractivity contribution in [1.82, 2.24) is 0 Å². The molecule has 1 aromatic carbocycles. The highest BCUT2D eigenvalue weighted by molar-refractivity contribution is 5.89. The molecule has 1 aromatic rings. The van der Waals surface area contributed by atoms with Gasteiger partial charge in [-0.05, 0) is 18.6 Å². The normalized spacial score (nSPS) is 11.4. The van der Waals surface area contributed by atoms with Gasteiger partial charge in [-0.15, -0.1) is 13.2 Å². The second-order valence-electron chi connectivity index (χ2n) is 6.17. The molecule has 0 unspecified atom stereocenters. The van der Waals surface area contributed by atoms with Crippen LogP contribution in [-0.2, 0) is 0 Å². The molecule has 0 atom stereocenters. The first kappa shape index (κ1) is 22.1. The molecule has 4 nitrogen and oxygen atoms in total. The fourth-order valence-electron chi connectivity index (χ4n) is 2.58. The van der Waals surface area contributed by atoms with Gasteiger partial charge in [0.15, 0.2) is 0 Å². The van der Waals surface area contributed by atoms with E-state index in [1.165, 1.54) is 32.1 Å². The Labute approximate surface area is 152 Å². The van der Waals surface area contributed by atoms with Gasteiger partial charge in [-0.3, -0.25) is 0 Å². The minimum Gasteiger partial charge on any atom is -0.545 e. The number of hydrogen-bond acceptors (Lipinski definition) is 4. The minimum absolute atomic E-state index is 0.175. The van der Waals surface area contributed by atoms with E-state index < -0.39 is 18.1 Å². The van der Waals surface area contributed by atoms with E-state index in [9.17, 15) is 23.1 Å². The Morgan fingerprint density at radius 2 is 1.58 bits per heavy atom. The lowest BCUT2D eigenvalue weighted by Gasteiger charge is -2.15. The van der Waals surface area contributed by atoms with Gasteiger partial charge in [-0.1, -0.05) is 58.3 Å². The van der Waals surface area contributed by atoms with Crippen LogP contribution in [0.5, 0.6) is 11.5 Å². The average molecular weight is 375 g/mol. The molecule has 0 saturated heterocycles. The molecule has 26 heavy (non-hydrogen) atoms. The van der Waals surface area contributed by atoms with Gasteiger partial charge in [-0.2, -0.15) is 0 Å². The lowest BCUT2D eigenvalue weighted by Crippen LogP contribution is -2.23. The maximum atomic E-state index is 12.3. The van der Waals surface area contributed by atoms with E-state index in [2.05, 4.69) is 11.7 Å². The highest BCUT2D eigenvalue weighted by Crippen LogP contribution is 2.29. The van der Waals surface area contributed by atoms with Crippen LogP contribution in [0, 0.1) is 0 Å². The molecule has 1 rings (SSSR count). The Morgan fingerprint density at radius 3 is 2.12 bits per heavy atom. The molecule has 0 fully saturated rings. The maximum absolute atomic E-state index is 12.3. The van der Waals surface area contributed by atoms with Crippen LogP contribution in [0.1, 0.15) is 75.1 Å². The summed E-state index contributed by atoms with van der Waals surface area (Å²) in [6, 6.07) is 2.83. The summed E-state index contributed by atoms with van der Waals surface area (Å²) in [7, 11) is 0. The molecule has 0 aliphatic heterocycles. The predicted molar refractivity (Wildman–Crippen MR) is 90.2 cm³/mol. The van der Waals surface area contributed by atoms with Crippen LogP contribution in [0.2, 0.25) is 0 Å². The third-order valence-corrected chi connectivity index (χ3v) is 3.91. The zero-order chi connectivity index (χ0) is 19.4. The van der Waals surface area contributed by atoms with Crippen molar-refractivity contribution in [2.45, 2.75) is 71.1 Å². The molecule has 0 heterocycles. The number of unbranched alkanes of at least 4 members (excludes halogenated alkanes) is 8. The summed E-state index contributed by atoms with van der Waals surface area (Å²) in [5.74, 6) is -2.21. The van der Waals surface area contributed by atoms with E-state index in [1.54, 1.807) is 0 Å². The first-order valence-electron chi connectivity index (χ1n) is 9.07. The third-order valence-electron chi connectivity index (χ3n) is 3.91. The van der Waals surface area contributed by atoms with Crippen molar-refractivity contribution in [2.75, 3.05) is 6.61 Å². The molecule has 148 valence electrons. The number of ether oxygens (including phenoxy) is 2. The SMILES string of the molecule is CCCCCCCCCCCOc1cc(OC(F)(F)F)ccc1C(=O)[O-]. The monoisotopic (exact) mass is 375 g/mol. The largest absolute Gasteiger partial charge is 0.573 e. The summed E-state index contributed by atoms with van der Waals surface area (Å²) in [5.41, 5.74) is -0.296. The number of alkyl halides is 3. The number of benzene rings is 1. The van der Waals surface area contributed by atoms with Crippen molar-refractivity contribution >= 4 is 5.97 Å². The number of carboxylic acids is 1. The fraction of sp³-hybridized carbons (Fsp3) is 0.632. The number of hydrogen-bond donors (Lipinski definition) is 0. The van der Waals surface area contributed by atoms with Gasteiger partial charge in [0.1, 0.15) is 11.5 Å². The van der Waals surface area contributed by atoms with Crippen molar-refractivity contribution in [3.63, 3.8) is 0 Å². The van der Waals surface area contributed by atoms with Crippen LogP contribution in [0.3, 0.4) is 0 Å². The first-order valence-corrected chi connectivity index (χ1v) is 9.07. The second kappa shape index (κ2) is 11.6. The van der Waals surface area contributed by atoms with Gasteiger partial charge >= 0.3 is 6.36 Å². The van der Waals surface area contributed by atoms with E-state index in [-0.39, 0.29) is 17.9 Å². The number of carbonyl (C=O) groups excluding carboxylic acids is 1. The molecule has 0 aliphatic rings. The molecule has 0 amide bonds. The maximum Gasteiger partial charge on any atom is 0.573 e. The molecule has 0 saturated carbocycles. The minimum atomic E-state index is -4.85. The first-order chi connectivity index (χ1) is 12.3. The van der Waals surface area contributed by atoms with Crippen molar-refractivity contribution in [3.05, 3.63) is 23.8 Å². The van der Waals surface area contributed by atoms with Crippen LogP contribution in [-0.4, -0.2) is 18.9 Å². The molecule has 0 radical (unpaired) electrons. The highest BCUT2D eigenvalue weighted by Gasteiger charge is 2.31. The van der Waals surface area contributed by atoms with Crippen LogP contribution in [0.4, 0.5) is 13.2 Å². The molecular weight excluding hydrogens is 349 g/mol. The third kappa shape index (κ3) is 9.53. The molecule has 0 aliphatic carbocycles. The van der Waals surface area contributed by atoms with Crippen molar-refractivity contribution < 1.29 is 32.5 Å². The van der Waals surface area contributed by atoms with E-state index in [4.69, 9.17) is 4.74 Å². The Balaban J connectivity index is 2.38. The average Bonchev–Trinajstić information content (AvgIpc) is 2.55. The molecule has 0 aromatic heterocycles. The number of halogens is 3. The van der Waals surface area contributed by atoms with E-state index >= 15 is 0 Å². The molecule has 0 spiro atoms. The lowest BCUT2D eigenvalue weighted by molar-refractivity contribution is -0.274. The summed E-state index contributed by atoms with van der Waals surface area (Å²) >= 11 is 0. The van der Waals surface area contributed by atoms with Gasteiger partial charge in [0.2, 0.25) is 0 Å². The predicted octanol–water partition coefficient (Wildman–Crippen LogP) is 4.86. The Hall–Kier alpha value is -1.92. The van der Waals surface area contributed by atoms with E-state index in [1.807, 2.05) is 0 Å². The Kier molecular flexibility index (Phi) is 9.91. The van der Waals surface area contributed by atoms with Crippen molar-refractivity contribution in [1.29, 1.82) is 0 Å². The Bertz CT molecular complexity index is 544. The van der Waals surface area contributed by atoms with Crippen molar-refractivity contribution in [3.8, 4) is 11.5 Å². The van der Waals surface area contributed by atoms with Crippen LogP contribution in [0.15, 0.2) is 18.2 Å². The van der Waals surface area contributed by atoms with Crippen molar-refractivity contribution in [2.24, 2.45) is 0 Å². The second-order valence-corrected chi connectivity index (χ2v) is 6.17. The van der Waals surface area contributed by atoms with Gasteiger partial charge in [0.25, 0.3) is 0 Å². The van der Waals surface area contributed by atoms with Gasteiger partial charge in [0, 0.05) is 11.6 Å². The standard InChI is InChI=1S/C19H27F3O4/c1-2-3-4-5-6-7-8-9-10-13-25-17-14-15(26-19(20,21)22)11-12-16(17)18(23)24/h11-12,14H,2-10,13H2,1H3,(H,23,24)/p-1. The number of carbonyl (C=O) groups is 1. The molecule has 0 N–H and O–H groups in total. The summed E-state index contributed by atoms with van der Waals surface area (Å²) < 4.78 is 45.9. The van der Waals surface area contributed by atoms with Crippen LogP contribution in [0.25, 0.3) is 0 Å². The molecule has 0 bridgehead atoms. The van der Waals surface area contributed by atoms with Crippen LogP contribution < -0.4 is 14.6 Å². The summed E-state index contributed by atoms with van der Waals surface area (Å²) in [6.07, 6.45) is 5.17. The van der Waals surface area contributed by atoms with E-state index in [0.29, 0.717) is 6.42 Å². The number of carboxylic acid groups (broad SMARTS) is 1. The zero-order valence-electron chi connectivity index (χ0n) is 15.1. The molecular formula is C19H26F3O4-. The van der Waals surface area contributed by atoms with Gasteiger partial charge in [-0.25, -0.2) is 0 Å². The number of rotatable bonds is 13. The van der Waals surface area contributed by atoms with Crippen LogP contribution >= 0.6 is 0 Å². The van der Waals surface area contributed by atoms with E-state index in [0.717, 1.165) is 37.5 Å². The molecule has 7 heteroatoms. The summed E-state index contributed by atoms with van der Waals surface area (Å²) in [6.45, 7) is 2.41. The quantitative estimate of drug-likeness (QED) is 0.462. The topological polar surface area (TPSA) is 58.6 Å². The fourth-order valence-corrected chi connectivity index (χ4v) is 2.58. The smallest absolute Gasteiger partial charge is 0.545 e.